The van der Waals surface area contributed by atoms with Crippen LogP contribution in [0.5, 0.6) is 0 Å². The fraction of sp³-hybridized carbons (Fsp3) is 0.714. The molecule has 0 radical (unpaired) electrons. The van der Waals surface area contributed by atoms with Crippen LogP contribution in [-0.4, -0.2) is 59.6 Å². The maximum absolute atomic E-state index is 11.4. The SMILES string of the molecule is N=[N+]=NCC(=O)N1CCN(C(=O)O)CC1. The van der Waals surface area contributed by atoms with Gasteiger partial charge in [-0.25, -0.2) is 4.79 Å². The van der Waals surface area contributed by atoms with E-state index in [2.05, 4.69) is 10.0 Å². The summed E-state index contributed by atoms with van der Waals surface area (Å²) in [5.74, 6) is -0.226. The summed E-state index contributed by atoms with van der Waals surface area (Å²) in [7, 11) is 0. The Morgan fingerprint density at radius 3 is 2.27 bits per heavy atom. The minimum Gasteiger partial charge on any atom is -0.465 e. The summed E-state index contributed by atoms with van der Waals surface area (Å²) in [6.07, 6.45) is -0.965. The van der Waals surface area contributed by atoms with Crippen molar-refractivity contribution in [2.45, 2.75) is 0 Å². The summed E-state index contributed by atoms with van der Waals surface area (Å²) in [5.41, 5.74) is 6.40. The molecule has 0 aromatic carbocycles. The monoisotopic (exact) mass is 214 g/mol. The van der Waals surface area contributed by atoms with E-state index in [1.165, 1.54) is 9.80 Å². The van der Waals surface area contributed by atoms with Crippen molar-refractivity contribution in [3.63, 3.8) is 0 Å². The largest absolute Gasteiger partial charge is 0.465 e. The molecule has 2 N–H and O–H groups in total. The third-order valence-corrected chi connectivity index (χ3v) is 2.18. The second-order valence-electron chi connectivity index (χ2n) is 3.05. The van der Waals surface area contributed by atoms with Crippen molar-refractivity contribution in [2.24, 2.45) is 5.11 Å². The first-order valence-electron chi connectivity index (χ1n) is 4.44. The zero-order valence-electron chi connectivity index (χ0n) is 8.09. The molecule has 2 amide bonds. The van der Waals surface area contributed by atoms with Gasteiger partial charge in [-0.3, -0.25) is 4.79 Å². The second-order valence-corrected chi connectivity index (χ2v) is 3.05. The highest BCUT2D eigenvalue weighted by Crippen LogP contribution is 2.02. The minimum atomic E-state index is -0.965. The average Bonchev–Trinajstić information content (AvgIpc) is 2.26. The Morgan fingerprint density at radius 1 is 1.27 bits per heavy atom. The van der Waals surface area contributed by atoms with Gasteiger partial charge in [0.15, 0.2) is 0 Å². The molecule has 1 rings (SSSR count). The summed E-state index contributed by atoms with van der Waals surface area (Å²) in [6, 6.07) is 0. The molecule has 0 atom stereocenters. The first kappa shape index (κ1) is 11.1. The minimum absolute atomic E-state index is 0.142. The van der Waals surface area contributed by atoms with Crippen molar-refractivity contribution in [2.75, 3.05) is 32.7 Å². The van der Waals surface area contributed by atoms with Crippen LogP contribution in [0, 0.1) is 5.53 Å². The molecular weight excluding hydrogens is 202 g/mol. The molecule has 8 nitrogen and oxygen atoms in total. The van der Waals surface area contributed by atoms with Gasteiger partial charge >= 0.3 is 6.09 Å². The lowest BCUT2D eigenvalue weighted by Gasteiger charge is -2.32. The Hall–Kier alpha value is -1.95. The number of carbonyl (C=O) groups is 2. The van der Waals surface area contributed by atoms with Gasteiger partial charge in [0.2, 0.25) is 11.5 Å². The zero-order chi connectivity index (χ0) is 11.3. The first-order chi connectivity index (χ1) is 7.15. The van der Waals surface area contributed by atoms with E-state index in [0.717, 1.165) is 0 Å². The molecule has 0 spiro atoms. The Labute approximate surface area is 85.7 Å². The number of amides is 2. The lowest BCUT2D eigenvalue weighted by molar-refractivity contribution is -0.131. The Morgan fingerprint density at radius 2 is 1.80 bits per heavy atom. The van der Waals surface area contributed by atoms with E-state index >= 15 is 0 Å². The summed E-state index contributed by atoms with van der Waals surface area (Å²) >= 11 is 0. The van der Waals surface area contributed by atoms with Crippen LogP contribution in [0.4, 0.5) is 4.79 Å². The molecule has 0 bridgehead atoms. The number of hydrogen-bond acceptors (Lipinski definition) is 4. The first-order valence-corrected chi connectivity index (χ1v) is 4.44. The zero-order valence-corrected chi connectivity index (χ0v) is 8.09. The van der Waals surface area contributed by atoms with Crippen molar-refractivity contribution in [1.82, 2.24) is 14.7 Å². The predicted octanol–water partition coefficient (Wildman–Crippen LogP) is -0.641. The number of piperazine rings is 1. The van der Waals surface area contributed by atoms with E-state index < -0.39 is 6.09 Å². The summed E-state index contributed by atoms with van der Waals surface area (Å²) in [4.78, 5) is 27.4. The van der Waals surface area contributed by atoms with Gasteiger partial charge in [0.25, 0.3) is 5.91 Å². The summed E-state index contributed by atoms with van der Waals surface area (Å²) < 4.78 is 0. The number of rotatable bonds is 2. The molecule has 1 aliphatic rings. The van der Waals surface area contributed by atoms with E-state index in [9.17, 15) is 9.59 Å². The fourth-order valence-corrected chi connectivity index (χ4v) is 1.34. The molecule has 1 aliphatic heterocycles. The Bertz CT molecular complexity index is 304. The summed E-state index contributed by atoms with van der Waals surface area (Å²) in [6.45, 7) is 1.24. The lowest BCUT2D eigenvalue weighted by Crippen LogP contribution is -2.50. The third kappa shape index (κ3) is 3.03. The topological polar surface area (TPSA) is 111 Å². The smallest absolute Gasteiger partial charge is 0.407 e. The maximum Gasteiger partial charge on any atom is 0.407 e. The number of nitrogens with zero attached hydrogens (tertiary/aromatic N) is 4. The molecule has 1 saturated heterocycles. The van der Waals surface area contributed by atoms with Gasteiger partial charge in [-0.1, -0.05) is 0 Å². The van der Waals surface area contributed by atoms with Crippen LogP contribution < -0.4 is 4.91 Å². The normalized spacial score (nSPS) is 15.7. The van der Waals surface area contributed by atoms with Crippen LogP contribution in [0.15, 0.2) is 5.11 Å². The number of carbonyl (C=O) groups excluding carboxylic acids is 1. The highest BCUT2D eigenvalue weighted by atomic mass is 16.4. The highest BCUT2D eigenvalue weighted by molar-refractivity contribution is 5.78. The number of carboxylic acid groups (broad SMARTS) is 1. The molecule has 1 heterocycles. The van der Waals surface area contributed by atoms with Crippen molar-refractivity contribution >= 4 is 12.0 Å². The molecule has 0 saturated carbocycles. The van der Waals surface area contributed by atoms with Gasteiger partial charge in [-0.15, -0.1) is 0 Å². The van der Waals surface area contributed by atoms with Gasteiger partial charge in [0.1, 0.15) is 10.6 Å². The lowest BCUT2D eigenvalue weighted by atomic mass is 10.3. The molecule has 0 aliphatic carbocycles. The number of hydrogen-bond donors (Lipinski definition) is 2. The van der Waals surface area contributed by atoms with Gasteiger partial charge in [0.05, 0.1) is 0 Å². The van der Waals surface area contributed by atoms with E-state index in [0.29, 0.717) is 26.2 Å². The van der Waals surface area contributed by atoms with Gasteiger partial charge in [0, 0.05) is 26.2 Å². The van der Waals surface area contributed by atoms with Gasteiger partial charge in [-0.05, 0) is 0 Å². The van der Waals surface area contributed by atoms with Crippen molar-refractivity contribution in [3.8, 4) is 0 Å². The van der Waals surface area contributed by atoms with Crippen molar-refractivity contribution < 1.29 is 14.7 Å². The maximum atomic E-state index is 11.4. The van der Waals surface area contributed by atoms with Crippen LogP contribution >= 0.6 is 0 Å². The second kappa shape index (κ2) is 5.06. The van der Waals surface area contributed by atoms with Crippen molar-refractivity contribution in [1.29, 1.82) is 5.53 Å². The van der Waals surface area contributed by atoms with Crippen LogP contribution in [0.3, 0.4) is 0 Å². The third-order valence-electron chi connectivity index (χ3n) is 2.18. The molecule has 1 fully saturated rings. The highest BCUT2D eigenvalue weighted by Gasteiger charge is 2.23. The van der Waals surface area contributed by atoms with Crippen molar-refractivity contribution in [3.05, 3.63) is 0 Å². The van der Waals surface area contributed by atoms with E-state index in [-0.39, 0.29) is 12.5 Å². The van der Waals surface area contributed by atoms with Crippen LogP contribution in [0.1, 0.15) is 0 Å². The summed E-state index contributed by atoms with van der Waals surface area (Å²) in [5, 5.41) is 11.9. The molecule has 0 aromatic heterocycles. The molecule has 82 valence electrons. The Balaban J connectivity index is 2.39. The van der Waals surface area contributed by atoms with E-state index in [4.69, 9.17) is 10.6 Å². The number of nitrogens with one attached hydrogen (secondary N) is 1. The Kier molecular flexibility index (Phi) is 3.75. The molecule has 15 heavy (non-hydrogen) atoms. The van der Waals surface area contributed by atoms with Crippen LogP contribution in [0.2, 0.25) is 0 Å². The average molecular weight is 214 g/mol. The van der Waals surface area contributed by atoms with Crippen LogP contribution in [-0.2, 0) is 4.79 Å². The van der Waals surface area contributed by atoms with Gasteiger partial charge in [-0.2, -0.15) is 0 Å². The van der Waals surface area contributed by atoms with E-state index in [1.807, 2.05) is 0 Å². The van der Waals surface area contributed by atoms with Crippen LogP contribution in [0.25, 0.3) is 0 Å². The quantitative estimate of drug-likeness (QED) is 0.471. The van der Waals surface area contributed by atoms with E-state index in [1.54, 1.807) is 0 Å². The molecule has 8 heteroatoms. The molecular formula is C7H12N5O3+. The predicted molar refractivity (Wildman–Crippen MR) is 48.3 cm³/mol. The fourth-order valence-electron chi connectivity index (χ4n) is 1.34. The molecule has 0 unspecified atom stereocenters. The van der Waals surface area contributed by atoms with Gasteiger partial charge < -0.3 is 14.9 Å². The standard InChI is InChI=1S/C7H11N5O3/c8-10-9-5-6(13)11-1-3-12(4-2-11)7(14)15/h8H,1-5H2/p+1. The molecule has 0 aromatic rings.